The topological polar surface area (TPSA) is 92.9 Å². The smallest absolute Gasteiger partial charge is 0.339 e. The van der Waals surface area contributed by atoms with Crippen molar-refractivity contribution in [3.05, 3.63) is 23.8 Å². The number of hydrogen-bond acceptors (Lipinski definition) is 4. The van der Waals surface area contributed by atoms with Gasteiger partial charge in [-0.05, 0) is 25.1 Å². The van der Waals surface area contributed by atoms with Crippen LogP contribution in [0.4, 0.5) is 5.69 Å². The number of rotatable bonds is 4. The van der Waals surface area contributed by atoms with E-state index in [0.717, 1.165) is 0 Å². The van der Waals surface area contributed by atoms with E-state index in [-0.39, 0.29) is 23.8 Å². The highest BCUT2D eigenvalue weighted by Crippen LogP contribution is 2.35. The Morgan fingerprint density at radius 3 is 2.94 bits per heavy atom. The Kier molecular flexibility index (Phi) is 3.47. The molecule has 0 bridgehead atoms. The maximum Gasteiger partial charge on any atom is 0.339 e. The maximum absolute atomic E-state index is 11.8. The monoisotopic (exact) mass is 250 g/mol. The van der Waals surface area contributed by atoms with Gasteiger partial charge in [-0.3, -0.25) is 4.79 Å². The molecule has 0 aliphatic carbocycles. The summed E-state index contributed by atoms with van der Waals surface area (Å²) < 4.78 is 5.24. The van der Waals surface area contributed by atoms with Crippen LogP contribution >= 0.6 is 0 Å². The SMILES string of the molecule is NCCCN1C(=O)COc2c(C(=O)O)cccc21. The summed E-state index contributed by atoms with van der Waals surface area (Å²) in [6, 6.07) is 4.73. The minimum atomic E-state index is -1.07. The quantitative estimate of drug-likeness (QED) is 0.809. The number of fused-ring (bicyclic) bond motifs is 1. The van der Waals surface area contributed by atoms with Crippen molar-refractivity contribution in [2.24, 2.45) is 5.73 Å². The molecule has 1 aliphatic heterocycles. The molecule has 1 amide bonds. The Bertz CT molecular complexity index is 487. The van der Waals surface area contributed by atoms with Crippen molar-refractivity contribution in [1.82, 2.24) is 0 Å². The fourth-order valence-electron chi connectivity index (χ4n) is 1.90. The van der Waals surface area contributed by atoms with Gasteiger partial charge in [-0.25, -0.2) is 4.79 Å². The zero-order valence-electron chi connectivity index (χ0n) is 9.76. The molecule has 3 N–H and O–H groups in total. The molecular formula is C12H14N2O4. The third kappa shape index (κ3) is 2.14. The van der Waals surface area contributed by atoms with E-state index in [0.29, 0.717) is 25.2 Å². The number of ether oxygens (including phenoxy) is 1. The van der Waals surface area contributed by atoms with Gasteiger partial charge >= 0.3 is 5.97 Å². The van der Waals surface area contributed by atoms with Gasteiger partial charge in [0.1, 0.15) is 5.56 Å². The van der Waals surface area contributed by atoms with Crippen LogP contribution in [0.1, 0.15) is 16.8 Å². The number of para-hydroxylation sites is 1. The summed E-state index contributed by atoms with van der Waals surface area (Å²) in [5, 5.41) is 9.07. The lowest BCUT2D eigenvalue weighted by molar-refractivity contribution is -0.121. The number of carbonyl (C=O) groups excluding carboxylic acids is 1. The van der Waals surface area contributed by atoms with E-state index in [1.807, 2.05) is 0 Å². The largest absolute Gasteiger partial charge is 0.481 e. The number of amides is 1. The Balaban J connectivity index is 2.41. The first-order valence-corrected chi connectivity index (χ1v) is 5.64. The van der Waals surface area contributed by atoms with Gasteiger partial charge in [0.05, 0.1) is 5.69 Å². The van der Waals surface area contributed by atoms with Crippen molar-refractivity contribution in [1.29, 1.82) is 0 Å². The lowest BCUT2D eigenvalue weighted by Crippen LogP contribution is -2.40. The first kappa shape index (κ1) is 12.4. The van der Waals surface area contributed by atoms with Crippen LogP contribution in [0, 0.1) is 0 Å². The Morgan fingerprint density at radius 2 is 2.28 bits per heavy atom. The van der Waals surface area contributed by atoms with Crippen LogP contribution in [0.15, 0.2) is 18.2 Å². The molecule has 1 aliphatic rings. The van der Waals surface area contributed by atoms with Crippen LogP contribution < -0.4 is 15.4 Å². The third-order valence-corrected chi connectivity index (χ3v) is 2.74. The van der Waals surface area contributed by atoms with Gasteiger partial charge < -0.3 is 20.5 Å². The van der Waals surface area contributed by atoms with Crippen molar-refractivity contribution in [3.63, 3.8) is 0 Å². The summed E-state index contributed by atoms with van der Waals surface area (Å²) in [6.07, 6.45) is 0.655. The average molecular weight is 250 g/mol. The van der Waals surface area contributed by atoms with Crippen LogP contribution in [-0.4, -0.2) is 36.7 Å². The van der Waals surface area contributed by atoms with Crippen molar-refractivity contribution in [2.45, 2.75) is 6.42 Å². The summed E-state index contributed by atoms with van der Waals surface area (Å²) in [6.45, 7) is 0.801. The van der Waals surface area contributed by atoms with Crippen LogP contribution in [0.5, 0.6) is 5.75 Å². The number of carboxylic acid groups (broad SMARTS) is 1. The second-order valence-corrected chi connectivity index (χ2v) is 3.94. The fraction of sp³-hybridized carbons (Fsp3) is 0.333. The highest BCUT2D eigenvalue weighted by molar-refractivity contribution is 6.02. The first-order chi connectivity index (χ1) is 8.65. The van der Waals surface area contributed by atoms with E-state index in [2.05, 4.69) is 0 Å². The van der Waals surface area contributed by atoms with E-state index in [1.165, 1.54) is 11.0 Å². The third-order valence-electron chi connectivity index (χ3n) is 2.74. The minimum Gasteiger partial charge on any atom is -0.481 e. The Morgan fingerprint density at radius 1 is 1.50 bits per heavy atom. The summed E-state index contributed by atoms with van der Waals surface area (Å²) in [4.78, 5) is 24.4. The zero-order chi connectivity index (χ0) is 13.1. The number of hydrogen-bond donors (Lipinski definition) is 2. The summed E-state index contributed by atoms with van der Waals surface area (Å²) in [5.74, 6) is -1.000. The lowest BCUT2D eigenvalue weighted by Gasteiger charge is -2.30. The van der Waals surface area contributed by atoms with Gasteiger partial charge in [0.15, 0.2) is 12.4 Å². The van der Waals surface area contributed by atoms with Crippen molar-refractivity contribution < 1.29 is 19.4 Å². The van der Waals surface area contributed by atoms with Crippen LogP contribution in [0.2, 0.25) is 0 Å². The number of carbonyl (C=O) groups is 2. The van der Waals surface area contributed by atoms with Gasteiger partial charge in [0.25, 0.3) is 5.91 Å². The molecule has 96 valence electrons. The number of nitrogens with two attached hydrogens (primary N) is 1. The van der Waals surface area contributed by atoms with E-state index < -0.39 is 5.97 Å². The number of benzene rings is 1. The van der Waals surface area contributed by atoms with E-state index >= 15 is 0 Å². The van der Waals surface area contributed by atoms with E-state index in [4.69, 9.17) is 15.6 Å². The number of anilines is 1. The zero-order valence-corrected chi connectivity index (χ0v) is 9.76. The number of aromatic carboxylic acids is 1. The molecule has 0 fully saturated rings. The summed E-state index contributed by atoms with van der Waals surface area (Å²) >= 11 is 0. The van der Waals surface area contributed by atoms with Gasteiger partial charge in [-0.1, -0.05) is 6.07 Å². The molecule has 6 heteroatoms. The van der Waals surface area contributed by atoms with Crippen LogP contribution in [0.25, 0.3) is 0 Å². The second-order valence-electron chi connectivity index (χ2n) is 3.94. The predicted octanol–water partition coefficient (Wildman–Crippen LogP) is 0.459. The van der Waals surface area contributed by atoms with Gasteiger partial charge in [-0.15, -0.1) is 0 Å². The molecule has 0 atom stereocenters. The van der Waals surface area contributed by atoms with Crippen LogP contribution in [-0.2, 0) is 4.79 Å². The molecule has 0 spiro atoms. The highest BCUT2D eigenvalue weighted by Gasteiger charge is 2.28. The first-order valence-electron chi connectivity index (χ1n) is 5.64. The molecule has 2 rings (SSSR count). The van der Waals surface area contributed by atoms with E-state index in [9.17, 15) is 9.59 Å². The average Bonchev–Trinajstić information content (AvgIpc) is 2.36. The molecule has 1 heterocycles. The Labute approximate surface area is 104 Å². The molecule has 0 aromatic heterocycles. The predicted molar refractivity (Wildman–Crippen MR) is 64.9 cm³/mol. The molecular weight excluding hydrogens is 236 g/mol. The summed E-state index contributed by atoms with van der Waals surface area (Å²) in [7, 11) is 0. The van der Waals surface area contributed by atoms with Gasteiger partial charge in [-0.2, -0.15) is 0 Å². The second kappa shape index (κ2) is 5.05. The minimum absolute atomic E-state index is 0.0674. The number of nitrogens with zero attached hydrogens (tertiary/aromatic N) is 1. The van der Waals surface area contributed by atoms with Gasteiger partial charge in [0, 0.05) is 6.54 Å². The van der Waals surface area contributed by atoms with Crippen molar-refractivity contribution >= 4 is 17.6 Å². The molecule has 1 aromatic rings. The highest BCUT2D eigenvalue weighted by atomic mass is 16.5. The lowest BCUT2D eigenvalue weighted by atomic mass is 10.1. The van der Waals surface area contributed by atoms with Crippen molar-refractivity contribution in [3.8, 4) is 5.75 Å². The molecule has 18 heavy (non-hydrogen) atoms. The molecule has 0 saturated carbocycles. The summed E-state index contributed by atoms with van der Waals surface area (Å²) in [5.41, 5.74) is 5.99. The standard InChI is InChI=1S/C12H14N2O4/c13-5-2-6-14-9-4-1-3-8(12(16)17)11(9)18-7-10(14)15/h1,3-4H,2,5-7,13H2,(H,16,17). The maximum atomic E-state index is 11.8. The molecule has 6 nitrogen and oxygen atoms in total. The van der Waals surface area contributed by atoms with Crippen molar-refractivity contribution in [2.75, 3.05) is 24.6 Å². The Hall–Kier alpha value is -2.08. The van der Waals surface area contributed by atoms with Crippen LogP contribution in [0.3, 0.4) is 0 Å². The fourth-order valence-corrected chi connectivity index (χ4v) is 1.90. The normalized spacial score (nSPS) is 14.1. The molecule has 0 radical (unpaired) electrons. The van der Waals surface area contributed by atoms with Gasteiger partial charge in [0.2, 0.25) is 0 Å². The number of carboxylic acids is 1. The molecule has 0 saturated heterocycles. The molecule has 0 unspecified atom stereocenters. The van der Waals surface area contributed by atoms with E-state index in [1.54, 1.807) is 12.1 Å². The molecule has 1 aromatic carbocycles.